The third kappa shape index (κ3) is 5.87. The van der Waals surface area contributed by atoms with Crippen LogP contribution >= 0.6 is 11.8 Å². The molecule has 0 fully saturated rings. The van der Waals surface area contributed by atoms with Crippen LogP contribution in [0.1, 0.15) is 27.7 Å². The molecule has 0 saturated carbocycles. The average Bonchev–Trinajstić information content (AvgIpc) is 2.35. The van der Waals surface area contributed by atoms with Crippen molar-refractivity contribution in [1.82, 2.24) is 4.90 Å². The number of aromatic hydroxyl groups is 1. The van der Waals surface area contributed by atoms with E-state index in [0.29, 0.717) is 17.6 Å². The van der Waals surface area contributed by atoms with Crippen LogP contribution in [0.3, 0.4) is 0 Å². The van der Waals surface area contributed by atoms with Crippen LogP contribution in [0.25, 0.3) is 0 Å². The summed E-state index contributed by atoms with van der Waals surface area (Å²) < 4.78 is 0. The van der Waals surface area contributed by atoms with Gasteiger partial charge in [0.25, 0.3) is 0 Å². The van der Waals surface area contributed by atoms with E-state index in [1.165, 1.54) is 11.8 Å². The molecule has 1 aromatic carbocycles. The third-order valence-corrected chi connectivity index (χ3v) is 3.79. The molecule has 20 heavy (non-hydrogen) atoms. The summed E-state index contributed by atoms with van der Waals surface area (Å²) in [6.07, 6.45) is 0. The second kappa shape index (κ2) is 8.20. The lowest BCUT2D eigenvalue weighted by molar-refractivity contribution is -0.129. The number of nitrogens with zero attached hydrogens (tertiary/aromatic N) is 1. The fourth-order valence-corrected chi connectivity index (χ4v) is 2.82. The van der Waals surface area contributed by atoms with Crippen molar-refractivity contribution in [3.05, 3.63) is 24.3 Å². The minimum Gasteiger partial charge on any atom is -0.507 e. The van der Waals surface area contributed by atoms with Crippen LogP contribution in [0.5, 0.6) is 5.75 Å². The molecule has 0 heterocycles. The van der Waals surface area contributed by atoms with Gasteiger partial charge >= 0.3 is 0 Å². The van der Waals surface area contributed by atoms with E-state index in [2.05, 4.69) is 27.7 Å². The Kier molecular flexibility index (Phi) is 6.93. The van der Waals surface area contributed by atoms with E-state index in [4.69, 9.17) is 0 Å². The van der Waals surface area contributed by atoms with Crippen molar-refractivity contribution in [2.45, 2.75) is 32.6 Å². The lowest BCUT2D eigenvalue weighted by Crippen LogP contribution is -2.38. The quantitative estimate of drug-likeness (QED) is 0.781. The van der Waals surface area contributed by atoms with Crippen molar-refractivity contribution in [3.8, 4) is 5.75 Å². The molecule has 1 N–H and O–H groups in total. The van der Waals surface area contributed by atoms with E-state index >= 15 is 0 Å². The number of carbonyl (C=O) groups is 1. The number of para-hydroxylation sites is 1. The van der Waals surface area contributed by atoms with Crippen LogP contribution < -0.4 is 0 Å². The number of thioether (sulfide) groups is 1. The van der Waals surface area contributed by atoms with Crippen LogP contribution in [-0.4, -0.2) is 34.8 Å². The molecule has 0 aliphatic carbocycles. The molecular formula is C16H25NO2S. The fraction of sp³-hybridized carbons (Fsp3) is 0.562. The maximum atomic E-state index is 12.3. The molecule has 4 heteroatoms. The molecule has 0 radical (unpaired) electrons. The maximum Gasteiger partial charge on any atom is 0.232 e. The number of hydrogen-bond acceptors (Lipinski definition) is 3. The van der Waals surface area contributed by atoms with Gasteiger partial charge in [0.15, 0.2) is 0 Å². The van der Waals surface area contributed by atoms with E-state index in [1.807, 2.05) is 17.0 Å². The smallest absolute Gasteiger partial charge is 0.232 e. The van der Waals surface area contributed by atoms with Gasteiger partial charge in [-0.1, -0.05) is 39.8 Å². The molecule has 112 valence electrons. The predicted octanol–water partition coefficient (Wildman–Crippen LogP) is 3.62. The van der Waals surface area contributed by atoms with E-state index in [0.717, 1.165) is 18.0 Å². The zero-order chi connectivity index (χ0) is 15.1. The highest BCUT2D eigenvalue weighted by atomic mass is 32.2. The molecule has 0 bridgehead atoms. The molecular weight excluding hydrogens is 270 g/mol. The normalized spacial score (nSPS) is 11.1. The number of rotatable bonds is 7. The summed E-state index contributed by atoms with van der Waals surface area (Å²) in [5.74, 6) is 1.68. The summed E-state index contributed by atoms with van der Waals surface area (Å²) in [6, 6.07) is 7.13. The summed E-state index contributed by atoms with van der Waals surface area (Å²) in [7, 11) is 0. The molecule has 0 aliphatic heterocycles. The standard InChI is InChI=1S/C16H25NO2S/c1-12(2)9-17(10-13(3)4)16(19)11-20-15-8-6-5-7-14(15)18/h5-8,12-13,18H,9-11H2,1-4H3. The van der Waals surface area contributed by atoms with Gasteiger partial charge in [-0.25, -0.2) is 0 Å². The first kappa shape index (κ1) is 16.9. The first-order valence-corrected chi connectivity index (χ1v) is 8.07. The van der Waals surface area contributed by atoms with Crippen LogP contribution in [0.4, 0.5) is 0 Å². The SMILES string of the molecule is CC(C)CN(CC(C)C)C(=O)CSc1ccccc1O. The Morgan fingerprint density at radius 3 is 2.20 bits per heavy atom. The highest BCUT2D eigenvalue weighted by Crippen LogP contribution is 2.27. The number of carbonyl (C=O) groups excluding carboxylic acids is 1. The van der Waals surface area contributed by atoms with Crippen molar-refractivity contribution >= 4 is 17.7 Å². The van der Waals surface area contributed by atoms with Crippen LogP contribution in [0.2, 0.25) is 0 Å². The van der Waals surface area contributed by atoms with Gasteiger partial charge in [0.1, 0.15) is 5.75 Å². The minimum atomic E-state index is 0.139. The Morgan fingerprint density at radius 2 is 1.70 bits per heavy atom. The molecule has 1 rings (SSSR count). The minimum absolute atomic E-state index is 0.139. The number of hydrogen-bond donors (Lipinski definition) is 1. The monoisotopic (exact) mass is 295 g/mol. The van der Waals surface area contributed by atoms with Crippen molar-refractivity contribution in [2.24, 2.45) is 11.8 Å². The van der Waals surface area contributed by atoms with Crippen molar-refractivity contribution in [3.63, 3.8) is 0 Å². The summed E-state index contributed by atoms with van der Waals surface area (Å²) in [5.41, 5.74) is 0. The van der Waals surface area contributed by atoms with Crippen molar-refractivity contribution in [1.29, 1.82) is 0 Å². The van der Waals surface area contributed by atoms with E-state index in [9.17, 15) is 9.90 Å². The maximum absolute atomic E-state index is 12.3. The summed E-state index contributed by atoms with van der Waals surface area (Å²) >= 11 is 1.40. The van der Waals surface area contributed by atoms with Crippen LogP contribution in [0, 0.1) is 11.8 Å². The van der Waals surface area contributed by atoms with Gasteiger partial charge in [0, 0.05) is 18.0 Å². The van der Waals surface area contributed by atoms with Gasteiger partial charge in [-0.3, -0.25) is 4.79 Å². The predicted molar refractivity (Wildman–Crippen MR) is 85.1 cm³/mol. The van der Waals surface area contributed by atoms with Gasteiger partial charge in [-0.05, 0) is 24.0 Å². The number of amides is 1. The topological polar surface area (TPSA) is 40.5 Å². The van der Waals surface area contributed by atoms with Gasteiger partial charge in [-0.15, -0.1) is 11.8 Å². The highest BCUT2D eigenvalue weighted by molar-refractivity contribution is 8.00. The van der Waals surface area contributed by atoms with Crippen LogP contribution in [0.15, 0.2) is 29.2 Å². The highest BCUT2D eigenvalue weighted by Gasteiger charge is 2.16. The Labute approximate surface area is 126 Å². The Morgan fingerprint density at radius 1 is 1.15 bits per heavy atom. The van der Waals surface area contributed by atoms with Crippen LogP contribution in [-0.2, 0) is 4.79 Å². The molecule has 0 atom stereocenters. The molecule has 3 nitrogen and oxygen atoms in total. The zero-order valence-electron chi connectivity index (χ0n) is 12.8. The van der Waals surface area contributed by atoms with Gasteiger partial charge in [0.05, 0.1) is 5.75 Å². The lowest BCUT2D eigenvalue weighted by Gasteiger charge is -2.26. The summed E-state index contributed by atoms with van der Waals surface area (Å²) in [5, 5.41) is 9.71. The van der Waals surface area contributed by atoms with Crippen molar-refractivity contribution in [2.75, 3.05) is 18.8 Å². The molecule has 0 aromatic heterocycles. The first-order chi connectivity index (χ1) is 9.40. The van der Waals surface area contributed by atoms with Gasteiger partial charge < -0.3 is 10.0 Å². The Balaban J connectivity index is 2.59. The number of benzene rings is 1. The summed E-state index contributed by atoms with van der Waals surface area (Å²) in [6.45, 7) is 10.1. The second-order valence-corrected chi connectivity index (χ2v) is 6.86. The van der Waals surface area contributed by atoms with E-state index < -0.39 is 0 Å². The second-order valence-electron chi connectivity index (χ2n) is 5.84. The molecule has 1 aromatic rings. The third-order valence-electron chi connectivity index (χ3n) is 2.74. The molecule has 0 unspecified atom stereocenters. The fourth-order valence-electron chi connectivity index (χ4n) is 1.97. The molecule has 1 amide bonds. The Hall–Kier alpha value is -1.16. The molecule has 0 spiro atoms. The number of phenols is 1. The van der Waals surface area contributed by atoms with Crippen molar-refractivity contribution < 1.29 is 9.90 Å². The first-order valence-electron chi connectivity index (χ1n) is 7.08. The van der Waals surface area contributed by atoms with E-state index in [1.54, 1.807) is 12.1 Å². The van der Waals surface area contributed by atoms with Gasteiger partial charge in [-0.2, -0.15) is 0 Å². The number of phenolic OH excluding ortho intramolecular Hbond substituents is 1. The molecule has 0 aliphatic rings. The lowest BCUT2D eigenvalue weighted by atomic mass is 10.1. The largest absolute Gasteiger partial charge is 0.507 e. The molecule has 0 saturated heterocycles. The van der Waals surface area contributed by atoms with E-state index in [-0.39, 0.29) is 11.7 Å². The Bertz CT molecular complexity index is 422. The summed E-state index contributed by atoms with van der Waals surface area (Å²) in [4.78, 5) is 15.0. The average molecular weight is 295 g/mol. The zero-order valence-corrected chi connectivity index (χ0v) is 13.6. The van der Waals surface area contributed by atoms with Gasteiger partial charge in [0.2, 0.25) is 5.91 Å².